The summed E-state index contributed by atoms with van der Waals surface area (Å²) in [4.78, 5) is 33.5. The molecule has 4 atom stereocenters. The number of amides is 2. The SMILES string of the molecule is CCC(NC(=O)C1CC(O)CN1C(=O)[C@@H](n1cc(C2CC2)nn1)C(C)(C)C)c1noc(-c2cccc(Br)c2)n1. The number of aliphatic hydroxyl groups is 1. The van der Waals surface area contributed by atoms with Crippen LogP contribution in [0.1, 0.15) is 82.9 Å². The molecule has 5 rings (SSSR count). The second-order valence-corrected chi connectivity index (χ2v) is 12.4. The van der Waals surface area contributed by atoms with E-state index in [2.05, 4.69) is 41.7 Å². The molecule has 11 nitrogen and oxygen atoms in total. The zero-order valence-electron chi connectivity index (χ0n) is 22.5. The van der Waals surface area contributed by atoms with Crippen molar-refractivity contribution in [3.05, 3.63) is 46.5 Å². The molecule has 1 aliphatic carbocycles. The van der Waals surface area contributed by atoms with Crippen molar-refractivity contribution < 1.29 is 19.2 Å². The zero-order valence-corrected chi connectivity index (χ0v) is 24.1. The second kappa shape index (κ2) is 10.8. The molecule has 2 fully saturated rings. The van der Waals surface area contributed by atoms with Crippen LogP contribution in [-0.4, -0.2) is 65.6 Å². The van der Waals surface area contributed by atoms with E-state index < -0.39 is 29.6 Å². The van der Waals surface area contributed by atoms with Gasteiger partial charge < -0.3 is 19.8 Å². The van der Waals surface area contributed by atoms with Gasteiger partial charge in [-0.05, 0) is 42.9 Å². The molecule has 2 N–H and O–H groups in total. The number of carbonyl (C=O) groups is 2. The van der Waals surface area contributed by atoms with Crippen LogP contribution in [0, 0.1) is 5.41 Å². The van der Waals surface area contributed by atoms with Crippen LogP contribution in [0.2, 0.25) is 0 Å². The summed E-state index contributed by atoms with van der Waals surface area (Å²) in [5, 5.41) is 26.2. The minimum absolute atomic E-state index is 0.0692. The molecule has 2 amide bonds. The van der Waals surface area contributed by atoms with Gasteiger partial charge in [-0.25, -0.2) is 4.68 Å². The van der Waals surface area contributed by atoms with Crippen LogP contribution in [0.3, 0.4) is 0 Å². The lowest BCUT2D eigenvalue weighted by atomic mass is 9.85. The van der Waals surface area contributed by atoms with Crippen molar-refractivity contribution in [2.75, 3.05) is 6.54 Å². The first kappa shape index (κ1) is 27.4. The first-order valence-corrected chi connectivity index (χ1v) is 14.1. The number of likely N-dealkylation sites (tertiary alicyclic amines) is 1. The van der Waals surface area contributed by atoms with Crippen LogP contribution < -0.4 is 5.32 Å². The van der Waals surface area contributed by atoms with Crippen LogP contribution >= 0.6 is 15.9 Å². The number of benzene rings is 1. The second-order valence-electron chi connectivity index (χ2n) is 11.5. The Hall–Kier alpha value is -3.12. The predicted molar refractivity (Wildman–Crippen MR) is 145 cm³/mol. The van der Waals surface area contributed by atoms with Crippen LogP contribution in [0.25, 0.3) is 11.5 Å². The zero-order chi connectivity index (χ0) is 27.9. The van der Waals surface area contributed by atoms with E-state index in [1.54, 1.807) is 4.68 Å². The minimum atomic E-state index is -0.839. The summed E-state index contributed by atoms with van der Waals surface area (Å²) in [5.74, 6) is 0.460. The van der Waals surface area contributed by atoms with Crippen molar-refractivity contribution in [2.24, 2.45) is 5.41 Å². The maximum atomic E-state index is 14.0. The molecule has 0 radical (unpaired) electrons. The summed E-state index contributed by atoms with van der Waals surface area (Å²) in [6, 6.07) is 5.47. The molecule has 3 heterocycles. The Morgan fingerprint density at radius 2 is 2.05 bits per heavy atom. The standard InChI is InChI=1S/C27H34BrN7O4/c1-5-19(23-30-25(39-32-23)16-7-6-8-17(28)11-16)29-24(37)21-12-18(36)13-34(21)26(38)22(27(2,3)4)35-14-20(31-33-35)15-9-10-15/h6-8,11,14-15,18-19,21-22,36H,5,9-10,12-13H2,1-4H3,(H,29,37)/t18?,19?,21?,22-/m1/s1. The summed E-state index contributed by atoms with van der Waals surface area (Å²) in [6.45, 7) is 7.86. The Labute approximate surface area is 235 Å². The highest BCUT2D eigenvalue weighted by molar-refractivity contribution is 9.10. The molecule has 3 unspecified atom stereocenters. The Balaban J connectivity index is 1.34. The fourth-order valence-electron chi connectivity index (χ4n) is 5.06. The van der Waals surface area contributed by atoms with E-state index in [4.69, 9.17) is 4.52 Å². The van der Waals surface area contributed by atoms with Crippen LogP contribution in [0.15, 0.2) is 39.5 Å². The highest BCUT2D eigenvalue weighted by atomic mass is 79.9. The van der Waals surface area contributed by atoms with Crippen molar-refractivity contribution in [1.29, 1.82) is 0 Å². The van der Waals surface area contributed by atoms with E-state index in [-0.39, 0.29) is 24.8 Å². The molecule has 3 aromatic rings. The van der Waals surface area contributed by atoms with Crippen molar-refractivity contribution in [1.82, 2.24) is 35.4 Å². The number of carbonyl (C=O) groups excluding carboxylic acids is 2. The van der Waals surface area contributed by atoms with E-state index in [9.17, 15) is 14.7 Å². The number of nitrogens with zero attached hydrogens (tertiary/aromatic N) is 6. The van der Waals surface area contributed by atoms with E-state index in [1.165, 1.54) is 4.90 Å². The van der Waals surface area contributed by atoms with E-state index in [1.807, 2.05) is 58.2 Å². The predicted octanol–water partition coefficient (Wildman–Crippen LogP) is 3.78. The molecule has 1 aromatic carbocycles. The smallest absolute Gasteiger partial charge is 0.258 e. The summed E-state index contributed by atoms with van der Waals surface area (Å²) in [5.41, 5.74) is 1.15. The largest absolute Gasteiger partial charge is 0.391 e. The maximum absolute atomic E-state index is 14.0. The lowest BCUT2D eigenvalue weighted by Gasteiger charge is -2.34. The van der Waals surface area contributed by atoms with Crippen LogP contribution in [0.4, 0.5) is 0 Å². The molecule has 1 saturated carbocycles. The van der Waals surface area contributed by atoms with E-state index >= 15 is 0 Å². The molecule has 1 saturated heterocycles. The van der Waals surface area contributed by atoms with Crippen molar-refractivity contribution in [3.8, 4) is 11.5 Å². The van der Waals surface area contributed by atoms with Gasteiger partial charge in [0, 0.05) is 35.1 Å². The molecule has 2 aliphatic rings. The monoisotopic (exact) mass is 599 g/mol. The van der Waals surface area contributed by atoms with Gasteiger partial charge in [-0.2, -0.15) is 4.98 Å². The minimum Gasteiger partial charge on any atom is -0.391 e. The third-order valence-corrected chi connectivity index (χ3v) is 7.75. The molecule has 39 heavy (non-hydrogen) atoms. The van der Waals surface area contributed by atoms with Gasteiger partial charge in [-0.3, -0.25) is 9.59 Å². The molecular weight excluding hydrogens is 566 g/mol. The lowest BCUT2D eigenvalue weighted by molar-refractivity contribution is -0.144. The van der Waals surface area contributed by atoms with Gasteiger partial charge in [-0.15, -0.1) is 5.10 Å². The van der Waals surface area contributed by atoms with Crippen molar-refractivity contribution >= 4 is 27.7 Å². The van der Waals surface area contributed by atoms with E-state index in [0.29, 0.717) is 24.1 Å². The number of hydrogen-bond acceptors (Lipinski definition) is 8. The highest BCUT2D eigenvalue weighted by Crippen LogP contribution is 2.40. The molecule has 2 aromatic heterocycles. The Morgan fingerprint density at radius 3 is 2.72 bits per heavy atom. The van der Waals surface area contributed by atoms with Gasteiger partial charge in [0.2, 0.25) is 11.8 Å². The van der Waals surface area contributed by atoms with Gasteiger partial charge >= 0.3 is 0 Å². The third-order valence-electron chi connectivity index (χ3n) is 7.26. The summed E-state index contributed by atoms with van der Waals surface area (Å²) in [7, 11) is 0. The molecule has 12 heteroatoms. The molecular formula is C27H34BrN7O4. The highest BCUT2D eigenvalue weighted by Gasteiger charge is 2.46. The fourth-order valence-corrected chi connectivity index (χ4v) is 5.46. The Morgan fingerprint density at radius 1 is 1.28 bits per heavy atom. The van der Waals surface area contributed by atoms with Crippen LogP contribution in [-0.2, 0) is 9.59 Å². The molecule has 0 bridgehead atoms. The fraction of sp³-hybridized carbons (Fsp3) is 0.556. The molecule has 208 valence electrons. The first-order chi connectivity index (χ1) is 18.5. The van der Waals surface area contributed by atoms with Gasteiger partial charge in [0.15, 0.2) is 5.82 Å². The number of aromatic nitrogens is 5. The number of hydrogen-bond donors (Lipinski definition) is 2. The molecule has 0 spiro atoms. The first-order valence-electron chi connectivity index (χ1n) is 13.3. The van der Waals surface area contributed by atoms with Crippen molar-refractivity contribution in [2.45, 2.75) is 83.5 Å². The van der Waals surface area contributed by atoms with Gasteiger partial charge in [0.25, 0.3) is 5.89 Å². The quantitative estimate of drug-likeness (QED) is 0.398. The number of β-amino-alcohol motifs (C(OH)–C–C–N with tert-alkyl or cyclic N) is 1. The summed E-state index contributed by atoms with van der Waals surface area (Å²) < 4.78 is 7.96. The normalized spacial score (nSPS) is 21.1. The topological polar surface area (TPSA) is 139 Å². The van der Waals surface area contributed by atoms with Crippen molar-refractivity contribution in [3.63, 3.8) is 0 Å². The van der Waals surface area contributed by atoms with Gasteiger partial charge in [0.1, 0.15) is 12.1 Å². The third kappa shape index (κ3) is 5.91. The Kier molecular flexibility index (Phi) is 7.60. The van der Waals surface area contributed by atoms with Gasteiger partial charge in [-0.1, -0.05) is 60.1 Å². The number of rotatable bonds is 8. The van der Waals surface area contributed by atoms with Crippen LogP contribution in [0.5, 0.6) is 0 Å². The number of halogens is 1. The van der Waals surface area contributed by atoms with E-state index in [0.717, 1.165) is 28.6 Å². The Bertz CT molecular complexity index is 1350. The average molecular weight is 601 g/mol. The lowest BCUT2D eigenvalue weighted by Crippen LogP contribution is -2.50. The number of aliphatic hydroxyl groups excluding tert-OH is 1. The summed E-state index contributed by atoms with van der Waals surface area (Å²) in [6.07, 6.45) is 3.86. The molecule has 1 aliphatic heterocycles. The van der Waals surface area contributed by atoms with Gasteiger partial charge in [0.05, 0.1) is 17.8 Å². The maximum Gasteiger partial charge on any atom is 0.258 e. The number of nitrogens with one attached hydrogen (secondary N) is 1. The summed E-state index contributed by atoms with van der Waals surface area (Å²) >= 11 is 3.44. The average Bonchev–Trinajstić information content (AvgIpc) is 3.26.